The van der Waals surface area contributed by atoms with E-state index in [4.69, 9.17) is 9.29 Å². The van der Waals surface area contributed by atoms with Crippen LogP contribution in [0.1, 0.15) is 30.5 Å². The summed E-state index contributed by atoms with van der Waals surface area (Å²) in [5.74, 6) is -2.78. The van der Waals surface area contributed by atoms with Gasteiger partial charge in [-0.2, -0.15) is 21.6 Å². The Balaban J connectivity index is 1.71. The van der Waals surface area contributed by atoms with Crippen molar-refractivity contribution in [3.05, 3.63) is 65.0 Å². The van der Waals surface area contributed by atoms with Gasteiger partial charge in [-0.25, -0.2) is 4.39 Å². The van der Waals surface area contributed by atoms with E-state index in [-0.39, 0.29) is 17.9 Å². The van der Waals surface area contributed by atoms with Gasteiger partial charge in [-0.1, -0.05) is 24.3 Å². The minimum absolute atomic E-state index is 0.0854. The normalized spacial score (nSPS) is 19.6. The number of benzene rings is 2. The molecule has 1 fully saturated rings. The van der Waals surface area contributed by atoms with Crippen LogP contribution in [0.3, 0.4) is 0 Å². The molecular weight excluding hydrogens is 492 g/mol. The minimum atomic E-state index is -4.86. The summed E-state index contributed by atoms with van der Waals surface area (Å²) in [7, 11) is -4.64. The monoisotopic (exact) mass is 518 g/mol. The molecule has 1 aliphatic heterocycles. The number of hydrogen-bond donors (Lipinski definition) is 1. The van der Waals surface area contributed by atoms with Gasteiger partial charge in [-0.3, -0.25) is 14.2 Å². The van der Waals surface area contributed by atoms with E-state index in [1.807, 2.05) is 6.92 Å². The van der Waals surface area contributed by atoms with E-state index < -0.39 is 51.4 Å². The molecular formula is C23H26F4N2O5S. The van der Waals surface area contributed by atoms with E-state index in [2.05, 4.69) is 4.90 Å². The van der Waals surface area contributed by atoms with Crippen molar-refractivity contribution in [1.82, 2.24) is 9.80 Å². The van der Waals surface area contributed by atoms with Crippen LogP contribution in [0.2, 0.25) is 0 Å². The third kappa shape index (κ3) is 7.15. The Bertz CT molecular complexity index is 1160. The Hall–Kier alpha value is -2.70. The number of nitrogens with zero attached hydrogens (tertiary/aromatic N) is 2. The highest BCUT2D eigenvalue weighted by molar-refractivity contribution is 7.85. The lowest BCUT2D eigenvalue weighted by Crippen LogP contribution is -2.58. The molecule has 12 heteroatoms. The van der Waals surface area contributed by atoms with Crippen molar-refractivity contribution in [3.63, 3.8) is 0 Å². The number of carbonyl (C=O) groups is 1. The molecule has 0 aromatic heterocycles. The predicted molar refractivity (Wildman–Crippen MR) is 120 cm³/mol. The topological polar surface area (TPSA) is 87.2 Å². The minimum Gasteiger partial charge on any atom is -0.483 e. The van der Waals surface area contributed by atoms with Crippen LogP contribution in [0.5, 0.6) is 5.75 Å². The molecule has 1 heterocycles. The molecule has 2 aromatic rings. The van der Waals surface area contributed by atoms with Crippen LogP contribution >= 0.6 is 0 Å². The second-order valence-electron chi connectivity index (χ2n) is 8.61. The van der Waals surface area contributed by atoms with Gasteiger partial charge in [0.2, 0.25) is 0 Å². The average molecular weight is 519 g/mol. The van der Waals surface area contributed by atoms with Crippen molar-refractivity contribution >= 4 is 16.0 Å². The standard InChI is InChI=1S/C23H26F4N2O5S/c1-15-11-29(16(2)10-28(15)12-17-6-8-19(24)9-7-17)21(30)13-34-22-18(14-35(31,32)33)4-3-5-20(22)23(25,26)27/h3-9,15-16H,10-14H2,1-2H3,(H,31,32,33)/t15-,16+/m0/s1. The maximum Gasteiger partial charge on any atom is 0.419 e. The molecule has 1 saturated heterocycles. The van der Waals surface area contributed by atoms with Crippen molar-refractivity contribution in [3.8, 4) is 5.75 Å². The molecule has 7 nitrogen and oxygen atoms in total. The lowest BCUT2D eigenvalue weighted by molar-refractivity contribution is -0.143. The van der Waals surface area contributed by atoms with Crippen molar-refractivity contribution in [2.75, 3.05) is 19.7 Å². The molecule has 0 spiro atoms. The fraction of sp³-hybridized carbons (Fsp3) is 0.435. The van der Waals surface area contributed by atoms with Gasteiger partial charge in [0.05, 0.1) is 5.56 Å². The van der Waals surface area contributed by atoms with E-state index in [1.165, 1.54) is 17.0 Å². The Morgan fingerprint density at radius 2 is 1.74 bits per heavy atom. The number of carbonyl (C=O) groups excluding carboxylic acids is 1. The largest absolute Gasteiger partial charge is 0.483 e. The van der Waals surface area contributed by atoms with Gasteiger partial charge >= 0.3 is 6.18 Å². The molecule has 0 aliphatic carbocycles. The molecule has 0 saturated carbocycles. The van der Waals surface area contributed by atoms with Gasteiger partial charge in [0.25, 0.3) is 16.0 Å². The fourth-order valence-electron chi connectivity index (χ4n) is 4.10. The van der Waals surface area contributed by atoms with Crippen molar-refractivity contribution in [1.29, 1.82) is 0 Å². The highest BCUT2D eigenvalue weighted by atomic mass is 32.2. The van der Waals surface area contributed by atoms with Crippen LogP contribution < -0.4 is 4.74 Å². The van der Waals surface area contributed by atoms with E-state index in [0.717, 1.165) is 17.7 Å². The molecule has 2 atom stereocenters. The molecule has 1 aliphatic rings. The van der Waals surface area contributed by atoms with E-state index in [1.54, 1.807) is 19.1 Å². The highest BCUT2D eigenvalue weighted by Crippen LogP contribution is 2.39. The van der Waals surface area contributed by atoms with E-state index in [9.17, 15) is 30.8 Å². The first-order valence-corrected chi connectivity index (χ1v) is 12.4. The number of para-hydroxylation sites is 1. The van der Waals surface area contributed by atoms with Gasteiger partial charge < -0.3 is 9.64 Å². The zero-order chi connectivity index (χ0) is 26.0. The second-order valence-corrected chi connectivity index (χ2v) is 10.1. The smallest absolute Gasteiger partial charge is 0.419 e. The summed E-state index contributed by atoms with van der Waals surface area (Å²) in [6.07, 6.45) is -4.86. The predicted octanol–water partition coefficient (Wildman–Crippen LogP) is 3.73. The summed E-state index contributed by atoms with van der Waals surface area (Å²) in [6, 6.07) is 8.54. The maximum absolute atomic E-state index is 13.5. The summed E-state index contributed by atoms with van der Waals surface area (Å²) >= 11 is 0. The second kappa shape index (κ2) is 10.5. The number of ether oxygens (including phenoxy) is 1. The molecule has 0 unspecified atom stereocenters. The Labute approximate surface area is 201 Å². The fourth-order valence-corrected chi connectivity index (χ4v) is 4.72. The van der Waals surface area contributed by atoms with Gasteiger partial charge in [-0.05, 0) is 37.6 Å². The third-order valence-electron chi connectivity index (χ3n) is 5.81. The lowest BCUT2D eigenvalue weighted by Gasteiger charge is -2.44. The van der Waals surface area contributed by atoms with Crippen LogP contribution in [0.4, 0.5) is 17.6 Å². The van der Waals surface area contributed by atoms with Crippen LogP contribution in [0.25, 0.3) is 0 Å². The summed E-state index contributed by atoms with van der Waals surface area (Å²) in [4.78, 5) is 16.5. The van der Waals surface area contributed by atoms with Crippen LogP contribution in [-0.4, -0.2) is 60.5 Å². The molecule has 3 rings (SSSR count). The quantitative estimate of drug-likeness (QED) is 0.444. The van der Waals surface area contributed by atoms with Gasteiger partial charge in [-0.15, -0.1) is 0 Å². The van der Waals surface area contributed by atoms with Crippen LogP contribution in [-0.2, 0) is 33.4 Å². The van der Waals surface area contributed by atoms with Crippen molar-refractivity contribution in [2.45, 2.75) is 44.4 Å². The lowest BCUT2D eigenvalue weighted by atomic mass is 10.1. The molecule has 35 heavy (non-hydrogen) atoms. The van der Waals surface area contributed by atoms with Gasteiger partial charge in [0, 0.05) is 37.3 Å². The first-order valence-electron chi connectivity index (χ1n) is 10.8. The van der Waals surface area contributed by atoms with Crippen molar-refractivity contribution in [2.24, 2.45) is 0 Å². The SMILES string of the molecule is C[C@@H]1CN(Cc2ccc(F)cc2)[C@@H](C)CN1C(=O)COc1c(CS(=O)(=O)O)cccc1C(F)(F)F. The number of hydrogen-bond acceptors (Lipinski definition) is 5. The third-order valence-corrected chi connectivity index (χ3v) is 6.49. The highest BCUT2D eigenvalue weighted by Gasteiger charge is 2.37. The van der Waals surface area contributed by atoms with Gasteiger partial charge in [0.15, 0.2) is 6.61 Å². The number of piperazine rings is 1. The summed E-state index contributed by atoms with van der Waals surface area (Å²) < 4.78 is 90.5. The molecule has 1 amide bonds. The number of rotatable bonds is 7. The average Bonchev–Trinajstić information content (AvgIpc) is 2.74. The number of alkyl halides is 3. The maximum atomic E-state index is 13.5. The van der Waals surface area contributed by atoms with Gasteiger partial charge in [0.1, 0.15) is 17.3 Å². The van der Waals surface area contributed by atoms with Crippen LogP contribution in [0, 0.1) is 5.82 Å². The number of amides is 1. The Morgan fingerprint density at radius 3 is 2.34 bits per heavy atom. The first-order chi connectivity index (χ1) is 16.2. The van der Waals surface area contributed by atoms with Crippen molar-refractivity contribution < 1.29 is 40.1 Å². The Morgan fingerprint density at radius 1 is 1.09 bits per heavy atom. The first kappa shape index (κ1) is 26.9. The molecule has 1 N–H and O–H groups in total. The molecule has 0 bridgehead atoms. The zero-order valence-electron chi connectivity index (χ0n) is 19.1. The summed E-state index contributed by atoms with van der Waals surface area (Å²) in [5.41, 5.74) is -0.735. The summed E-state index contributed by atoms with van der Waals surface area (Å²) in [6.45, 7) is 4.29. The van der Waals surface area contributed by atoms with E-state index >= 15 is 0 Å². The molecule has 2 aromatic carbocycles. The Kier molecular flexibility index (Phi) is 8.07. The molecule has 192 valence electrons. The van der Waals surface area contributed by atoms with Crippen LogP contribution in [0.15, 0.2) is 42.5 Å². The number of halogens is 4. The summed E-state index contributed by atoms with van der Waals surface area (Å²) in [5, 5.41) is 0. The molecule has 0 radical (unpaired) electrons. The zero-order valence-corrected chi connectivity index (χ0v) is 19.9. The van der Waals surface area contributed by atoms with E-state index in [0.29, 0.717) is 25.7 Å².